The molecule has 0 saturated carbocycles. The van der Waals surface area contributed by atoms with E-state index < -0.39 is 23.8 Å². The number of fused-ring (bicyclic) bond motifs is 1. The second-order valence-corrected chi connectivity index (χ2v) is 4.73. The molecule has 2 rings (SSSR count). The lowest BCUT2D eigenvalue weighted by molar-refractivity contribution is -0.132. The Hall–Kier alpha value is -2.68. The van der Waals surface area contributed by atoms with Gasteiger partial charge in [0.1, 0.15) is 12.6 Å². The third kappa shape index (κ3) is 2.50. The Kier molecular flexibility index (Phi) is 4.03. The Bertz CT molecular complexity index is 613. The van der Waals surface area contributed by atoms with E-state index in [1.54, 1.807) is 38.1 Å². The fourth-order valence-corrected chi connectivity index (χ4v) is 2.34. The van der Waals surface area contributed by atoms with Crippen LogP contribution < -0.4 is 0 Å². The molecule has 1 aromatic rings. The molecule has 0 radical (unpaired) electrons. The van der Waals surface area contributed by atoms with Gasteiger partial charge in [-0.1, -0.05) is 12.1 Å². The molecule has 6 nitrogen and oxygen atoms in total. The van der Waals surface area contributed by atoms with Gasteiger partial charge in [-0.15, -0.1) is 0 Å². The van der Waals surface area contributed by atoms with Crippen LogP contribution in [0.25, 0.3) is 0 Å². The second kappa shape index (κ2) is 5.75. The highest BCUT2D eigenvalue weighted by molar-refractivity contribution is 6.22. The first-order valence-electron chi connectivity index (χ1n) is 6.65. The van der Waals surface area contributed by atoms with E-state index in [0.717, 1.165) is 4.90 Å². The minimum absolute atomic E-state index is 0.312. The van der Waals surface area contributed by atoms with E-state index in [9.17, 15) is 14.4 Å². The Morgan fingerprint density at radius 3 is 2.24 bits per heavy atom. The van der Waals surface area contributed by atoms with E-state index in [1.165, 1.54) is 4.90 Å². The van der Waals surface area contributed by atoms with Crippen LogP contribution in [0.15, 0.2) is 24.3 Å². The SMILES string of the molecule is CCN(C(=O)CN1C(=O)c2ccccc2C1=O)C(C)C#N. The first kappa shape index (κ1) is 14.7. The van der Waals surface area contributed by atoms with Gasteiger partial charge in [0.2, 0.25) is 5.91 Å². The van der Waals surface area contributed by atoms with Gasteiger partial charge in [0.15, 0.2) is 0 Å². The number of carbonyl (C=O) groups excluding carboxylic acids is 3. The van der Waals surface area contributed by atoms with Crippen molar-refractivity contribution in [2.24, 2.45) is 0 Å². The zero-order valence-electron chi connectivity index (χ0n) is 11.9. The molecule has 1 aliphatic heterocycles. The molecule has 1 heterocycles. The Morgan fingerprint density at radius 1 is 1.29 bits per heavy atom. The predicted molar refractivity (Wildman–Crippen MR) is 74.3 cm³/mol. The smallest absolute Gasteiger partial charge is 0.262 e. The molecule has 0 saturated heterocycles. The maximum Gasteiger partial charge on any atom is 0.262 e. The standard InChI is InChI=1S/C15H15N3O3/c1-3-17(10(2)8-16)13(19)9-18-14(20)11-6-4-5-7-12(11)15(18)21/h4-7,10H,3,9H2,1-2H3. The quantitative estimate of drug-likeness (QED) is 0.774. The number of nitrogens with zero attached hydrogens (tertiary/aromatic N) is 3. The highest BCUT2D eigenvalue weighted by Gasteiger charge is 2.37. The fourth-order valence-electron chi connectivity index (χ4n) is 2.34. The molecule has 0 aromatic heterocycles. The Balaban J connectivity index is 2.19. The number of imide groups is 1. The van der Waals surface area contributed by atoms with Gasteiger partial charge in [-0.2, -0.15) is 5.26 Å². The molecule has 0 bridgehead atoms. The Labute approximate surface area is 122 Å². The van der Waals surface area contributed by atoms with Crippen molar-refractivity contribution in [3.63, 3.8) is 0 Å². The highest BCUT2D eigenvalue weighted by atomic mass is 16.2. The molecule has 1 atom stereocenters. The molecule has 0 aliphatic carbocycles. The maximum atomic E-state index is 12.2. The van der Waals surface area contributed by atoms with E-state index in [-0.39, 0.29) is 6.54 Å². The average molecular weight is 285 g/mol. The van der Waals surface area contributed by atoms with Gasteiger partial charge < -0.3 is 4.90 Å². The number of nitriles is 1. The van der Waals surface area contributed by atoms with Crippen LogP contribution in [-0.4, -0.2) is 46.7 Å². The van der Waals surface area contributed by atoms with Crippen LogP contribution in [0.4, 0.5) is 0 Å². The summed E-state index contributed by atoms with van der Waals surface area (Å²) >= 11 is 0. The van der Waals surface area contributed by atoms with Crippen molar-refractivity contribution in [2.75, 3.05) is 13.1 Å². The molecule has 108 valence electrons. The molecule has 1 aliphatic rings. The van der Waals surface area contributed by atoms with Gasteiger partial charge in [-0.05, 0) is 26.0 Å². The van der Waals surface area contributed by atoms with Crippen LogP contribution in [0, 0.1) is 11.3 Å². The average Bonchev–Trinajstić information content (AvgIpc) is 2.73. The van der Waals surface area contributed by atoms with Gasteiger partial charge >= 0.3 is 0 Å². The van der Waals surface area contributed by atoms with Gasteiger partial charge in [0, 0.05) is 6.54 Å². The minimum Gasteiger partial charge on any atom is -0.326 e. The van der Waals surface area contributed by atoms with Crippen LogP contribution in [0.3, 0.4) is 0 Å². The Morgan fingerprint density at radius 2 is 1.81 bits per heavy atom. The molecule has 1 aromatic carbocycles. The van der Waals surface area contributed by atoms with E-state index >= 15 is 0 Å². The van der Waals surface area contributed by atoms with Crippen LogP contribution >= 0.6 is 0 Å². The van der Waals surface area contributed by atoms with Crippen molar-refractivity contribution in [2.45, 2.75) is 19.9 Å². The first-order chi connectivity index (χ1) is 10.0. The van der Waals surface area contributed by atoms with Gasteiger partial charge in [0.25, 0.3) is 11.8 Å². The summed E-state index contributed by atoms with van der Waals surface area (Å²) in [4.78, 5) is 38.8. The van der Waals surface area contributed by atoms with Crippen LogP contribution in [0.2, 0.25) is 0 Å². The molecule has 6 heteroatoms. The van der Waals surface area contributed by atoms with E-state index in [0.29, 0.717) is 17.7 Å². The maximum absolute atomic E-state index is 12.2. The third-order valence-electron chi connectivity index (χ3n) is 3.49. The zero-order valence-corrected chi connectivity index (χ0v) is 11.9. The summed E-state index contributed by atoms with van der Waals surface area (Å²) in [6, 6.07) is 7.85. The summed E-state index contributed by atoms with van der Waals surface area (Å²) in [7, 11) is 0. The van der Waals surface area contributed by atoms with Crippen molar-refractivity contribution in [1.29, 1.82) is 5.26 Å². The van der Waals surface area contributed by atoms with E-state index in [4.69, 9.17) is 5.26 Å². The highest BCUT2D eigenvalue weighted by Crippen LogP contribution is 2.22. The van der Waals surface area contributed by atoms with Gasteiger partial charge in [-0.25, -0.2) is 0 Å². The lowest BCUT2D eigenvalue weighted by atomic mass is 10.1. The van der Waals surface area contributed by atoms with Gasteiger partial charge in [-0.3, -0.25) is 19.3 Å². The second-order valence-electron chi connectivity index (χ2n) is 4.73. The number of benzene rings is 1. The number of likely N-dealkylation sites (N-methyl/N-ethyl adjacent to an activating group) is 1. The molecular weight excluding hydrogens is 270 g/mol. The summed E-state index contributed by atoms with van der Waals surface area (Å²) in [5.74, 6) is -1.35. The van der Waals surface area contributed by atoms with Crippen molar-refractivity contribution in [3.8, 4) is 6.07 Å². The predicted octanol–water partition coefficient (Wildman–Crippen LogP) is 1.04. The summed E-state index contributed by atoms with van der Waals surface area (Å²) < 4.78 is 0. The van der Waals surface area contributed by atoms with E-state index in [1.807, 2.05) is 6.07 Å². The molecule has 1 unspecified atom stereocenters. The summed E-state index contributed by atoms with van der Waals surface area (Å²) in [5.41, 5.74) is 0.623. The zero-order chi connectivity index (χ0) is 15.6. The topological polar surface area (TPSA) is 81.5 Å². The lowest BCUT2D eigenvalue weighted by Gasteiger charge is -2.25. The molecule has 0 N–H and O–H groups in total. The van der Waals surface area contributed by atoms with Crippen LogP contribution in [-0.2, 0) is 4.79 Å². The number of hydrogen-bond acceptors (Lipinski definition) is 4. The van der Waals surface area contributed by atoms with Crippen molar-refractivity contribution in [3.05, 3.63) is 35.4 Å². The number of amides is 3. The summed E-state index contributed by atoms with van der Waals surface area (Å²) in [5, 5.41) is 8.90. The summed E-state index contributed by atoms with van der Waals surface area (Å²) in [6.07, 6.45) is 0. The normalized spacial score (nSPS) is 14.6. The largest absolute Gasteiger partial charge is 0.326 e. The lowest BCUT2D eigenvalue weighted by Crippen LogP contribution is -2.45. The molecule has 21 heavy (non-hydrogen) atoms. The van der Waals surface area contributed by atoms with Crippen LogP contribution in [0.1, 0.15) is 34.6 Å². The van der Waals surface area contributed by atoms with Crippen molar-refractivity contribution < 1.29 is 14.4 Å². The fraction of sp³-hybridized carbons (Fsp3) is 0.333. The molecule has 0 spiro atoms. The monoisotopic (exact) mass is 285 g/mol. The van der Waals surface area contributed by atoms with Crippen LogP contribution in [0.5, 0.6) is 0 Å². The molecule has 3 amide bonds. The molecular formula is C15H15N3O3. The number of rotatable bonds is 4. The van der Waals surface area contributed by atoms with E-state index in [2.05, 4.69) is 0 Å². The number of carbonyl (C=O) groups is 3. The van der Waals surface area contributed by atoms with Crippen molar-refractivity contribution in [1.82, 2.24) is 9.80 Å². The van der Waals surface area contributed by atoms with Gasteiger partial charge in [0.05, 0.1) is 17.2 Å². The van der Waals surface area contributed by atoms with Crippen molar-refractivity contribution >= 4 is 17.7 Å². The summed E-state index contributed by atoms with van der Waals surface area (Å²) in [6.45, 7) is 3.35. The minimum atomic E-state index is -0.599. The number of hydrogen-bond donors (Lipinski definition) is 0. The first-order valence-corrected chi connectivity index (χ1v) is 6.65. The molecule has 0 fully saturated rings. The third-order valence-corrected chi connectivity index (χ3v) is 3.49.